The largest absolute Gasteiger partial charge is 0.343 e. The summed E-state index contributed by atoms with van der Waals surface area (Å²) in [4.78, 5) is 14.1. The van der Waals surface area contributed by atoms with Gasteiger partial charge in [0.2, 0.25) is 15.9 Å². The molecule has 2 aliphatic rings. The molecule has 136 valence electrons. The fraction of sp³-hybridized carbons (Fsp3) is 0.933. The molecule has 2 rings (SSSR count). The topological polar surface area (TPSA) is 69.7 Å². The summed E-state index contributed by atoms with van der Waals surface area (Å²) < 4.78 is 25.8. The van der Waals surface area contributed by atoms with Crippen molar-refractivity contribution in [2.75, 3.05) is 45.5 Å². The van der Waals surface area contributed by atoms with E-state index in [-0.39, 0.29) is 24.1 Å². The van der Waals surface area contributed by atoms with E-state index < -0.39 is 10.0 Å². The van der Waals surface area contributed by atoms with Crippen LogP contribution in [0.15, 0.2) is 0 Å². The minimum atomic E-state index is -3.15. The first-order valence-electron chi connectivity index (χ1n) is 8.43. The number of halogens is 1. The number of hydrogen-bond donors (Lipinski definition) is 1. The Bertz CT molecular complexity index is 459. The lowest BCUT2D eigenvalue weighted by molar-refractivity contribution is -0.132. The van der Waals surface area contributed by atoms with Gasteiger partial charge in [-0.3, -0.25) is 4.79 Å². The number of nitrogens with one attached hydrogen (secondary N) is 1. The molecule has 0 aromatic carbocycles. The average Bonchev–Trinajstić information content (AvgIpc) is 3.03. The van der Waals surface area contributed by atoms with E-state index in [4.69, 9.17) is 0 Å². The zero-order chi connectivity index (χ0) is 16.0. The van der Waals surface area contributed by atoms with Crippen molar-refractivity contribution in [2.45, 2.75) is 38.5 Å². The van der Waals surface area contributed by atoms with Crippen LogP contribution in [0.25, 0.3) is 0 Å². The van der Waals surface area contributed by atoms with Crippen molar-refractivity contribution in [3.63, 3.8) is 0 Å². The molecule has 0 radical (unpaired) electrons. The number of piperidine rings is 1. The molecule has 1 amide bonds. The molecule has 0 atom stereocenters. The highest BCUT2D eigenvalue weighted by atomic mass is 35.5. The van der Waals surface area contributed by atoms with Crippen molar-refractivity contribution >= 4 is 28.3 Å². The quantitative estimate of drug-likeness (QED) is 0.730. The summed E-state index contributed by atoms with van der Waals surface area (Å²) in [5.74, 6) is 0.874. The molecule has 2 aliphatic heterocycles. The molecule has 2 saturated heterocycles. The van der Waals surface area contributed by atoms with Gasteiger partial charge in [0.25, 0.3) is 0 Å². The van der Waals surface area contributed by atoms with Gasteiger partial charge in [-0.1, -0.05) is 0 Å². The summed E-state index contributed by atoms with van der Waals surface area (Å²) in [5, 5.41) is 3.18. The first kappa shape index (κ1) is 20.7. The summed E-state index contributed by atoms with van der Waals surface area (Å²) in [6.07, 6.45) is 4.79. The number of hydrogen-bond acceptors (Lipinski definition) is 4. The van der Waals surface area contributed by atoms with Gasteiger partial charge in [0.05, 0.1) is 5.75 Å². The second-order valence-corrected chi connectivity index (χ2v) is 8.50. The maximum Gasteiger partial charge on any atom is 0.222 e. The normalized spacial score (nSPS) is 20.5. The molecular formula is C15H30ClN3O3S. The van der Waals surface area contributed by atoms with Gasteiger partial charge in [-0.05, 0) is 51.6 Å². The van der Waals surface area contributed by atoms with E-state index in [1.165, 1.54) is 0 Å². The smallest absolute Gasteiger partial charge is 0.222 e. The van der Waals surface area contributed by atoms with Crippen molar-refractivity contribution in [1.29, 1.82) is 0 Å². The van der Waals surface area contributed by atoms with Crippen LogP contribution in [0.4, 0.5) is 0 Å². The van der Waals surface area contributed by atoms with Gasteiger partial charge < -0.3 is 10.2 Å². The Hall–Kier alpha value is -0.370. The van der Waals surface area contributed by atoms with Gasteiger partial charge in [-0.15, -0.1) is 12.4 Å². The van der Waals surface area contributed by atoms with Gasteiger partial charge in [0.1, 0.15) is 0 Å². The Kier molecular flexibility index (Phi) is 8.82. The van der Waals surface area contributed by atoms with E-state index in [1.807, 2.05) is 11.9 Å². The Morgan fingerprint density at radius 3 is 2.30 bits per heavy atom. The van der Waals surface area contributed by atoms with Crippen LogP contribution in [0.5, 0.6) is 0 Å². The molecule has 0 aliphatic carbocycles. The molecule has 0 spiro atoms. The minimum Gasteiger partial charge on any atom is -0.343 e. The van der Waals surface area contributed by atoms with Gasteiger partial charge in [-0.25, -0.2) is 12.7 Å². The van der Waals surface area contributed by atoms with E-state index in [0.717, 1.165) is 45.3 Å². The first-order chi connectivity index (χ1) is 10.5. The average molecular weight is 368 g/mol. The van der Waals surface area contributed by atoms with Crippen LogP contribution in [0.3, 0.4) is 0 Å². The van der Waals surface area contributed by atoms with Crippen LogP contribution in [-0.4, -0.2) is 69.1 Å². The Morgan fingerprint density at radius 2 is 1.74 bits per heavy atom. The van der Waals surface area contributed by atoms with Crippen LogP contribution >= 0.6 is 12.4 Å². The number of carbonyl (C=O) groups is 1. The molecule has 0 bridgehead atoms. The van der Waals surface area contributed by atoms with Crippen LogP contribution in [0.2, 0.25) is 0 Å². The van der Waals surface area contributed by atoms with Crippen LogP contribution in [0, 0.1) is 5.92 Å². The van der Waals surface area contributed by atoms with Crippen molar-refractivity contribution in [2.24, 2.45) is 5.92 Å². The highest BCUT2D eigenvalue weighted by Crippen LogP contribution is 2.18. The molecule has 2 heterocycles. The highest BCUT2D eigenvalue weighted by molar-refractivity contribution is 7.89. The first-order valence-corrected chi connectivity index (χ1v) is 10.0. The molecule has 0 aromatic heterocycles. The molecule has 6 nitrogen and oxygen atoms in total. The van der Waals surface area contributed by atoms with Crippen LogP contribution in [0.1, 0.15) is 38.5 Å². The van der Waals surface area contributed by atoms with Crippen molar-refractivity contribution in [3.8, 4) is 0 Å². The lowest BCUT2D eigenvalue weighted by atomic mass is 9.96. The highest BCUT2D eigenvalue weighted by Gasteiger charge is 2.26. The van der Waals surface area contributed by atoms with E-state index in [0.29, 0.717) is 31.8 Å². The number of rotatable bonds is 7. The van der Waals surface area contributed by atoms with E-state index in [9.17, 15) is 13.2 Å². The number of nitrogens with zero attached hydrogens (tertiary/aromatic N) is 2. The van der Waals surface area contributed by atoms with Crippen molar-refractivity contribution in [1.82, 2.24) is 14.5 Å². The van der Waals surface area contributed by atoms with E-state index in [2.05, 4.69) is 5.32 Å². The third kappa shape index (κ3) is 6.21. The van der Waals surface area contributed by atoms with Gasteiger partial charge in [0, 0.05) is 32.6 Å². The van der Waals surface area contributed by atoms with E-state index >= 15 is 0 Å². The second kappa shape index (κ2) is 9.81. The Balaban J connectivity index is 0.00000264. The standard InChI is InChI=1S/C15H29N3O3S.ClH/c1-16-13-14-6-10-17(11-7-14)15(19)5-4-12-22(20,21)18-8-2-3-9-18;/h14,16H,2-13H2,1H3;1H. The summed E-state index contributed by atoms with van der Waals surface area (Å²) in [6, 6.07) is 0. The maximum atomic E-state index is 12.2. The third-order valence-electron chi connectivity index (χ3n) is 4.71. The predicted molar refractivity (Wildman–Crippen MR) is 94.3 cm³/mol. The second-order valence-electron chi connectivity index (χ2n) is 6.41. The van der Waals surface area contributed by atoms with Crippen molar-refractivity contribution in [3.05, 3.63) is 0 Å². The molecule has 23 heavy (non-hydrogen) atoms. The van der Waals surface area contributed by atoms with Crippen LogP contribution < -0.4 is 5.32 Å². The number of amides is 1. The lowest BCUT2D eigenvalue weighted by Gasteiger charge is -2.32. The fourth-order valence-corrected chi connectivity index (χ4v) is 4.92. The summed E-state index contributed by atoms with van der Waals surface area (Å²) in [6.45, 7) is 3.93. The zero-order valence-electron chi connectivity index (χ0n) is 14.0. The van der Waals surface area contributed by atoms with Crippen LogP contribution in [-0.2, 0) is 14.8 Å². The molecule has 0 aromatic rings. The Labute approximate surface area is 146 Å². The van der Waals surface area contributed by atoms with Gasteiger partial charge >= 0.3 is 0 Å². The SMILES string of the molecule is CNCC1CCN(C(=O)CCCS(=O)(=O)N2CCCC2)CC1.Cl. The van der Waals surface area contributed by atoms with Gasteiger partial charge in [0.15, 0.2) is 0 Å². The molecule has 8 heteroatoms. The summed E-state index contributed by atoms with van der Waals surface area (Å²) in [5.41, 5.74) is 0. The number of likely N-dealkylation sites (tertiary alicyclic amines) is 1. The maximum absolute atomic E-state index is 12.2. The predicted octanol–water partition coefficient (Wildman–Crippen LogP) is 1.07. The number of sulfonamides is 1. The van der Waals surface area contributed by atoms with Gasteiger partial charge in [-0.2, -0.15) is 0 Å². The molecule has 0 saturated carbocycles. The van der Waals surface area contributed by atoms with Crippen molar-refractivity contribution < 1.29 is 13.2 Å². The molecular weight excluding hydrogens is 338 g/mol. The minimum absolute atomic E-state index is 0. The molecule has 0 unspecified atom stereocenters. The van der Waals surface area contributed by atoms with E-state index in [1.54, 1.807) is 4.31 Å². The summed E-state index contributed by atoms with van der Waals surface area (Å²) in [7, 11) is -1.19. The number of carbonyl (C=O) groups excluding carboxylic acids is 1. The zero-order valence-corrected chi connectivity index (χ0v) is 15.6. The lowest BCUT2D eigenvalue weighted by Crippen LogP contribution is -2.40. The molecule has 2 fully saturated rings. The monoisotopic (exact) mass is 367 g/mol. The Morgan fingerprint density at radius 1 is 1.13 bits per heavy atom. The fourth-order valence-electron chi connectivity index (χ4n) is 3.33. The summed E-state index contributed by atoms with van der Waals surface area (Å²) >= 11 is 0. The molecule has 1 N–H and O–H groups in total. The third-order valence-corrected chi connectivity index (χ3v) is 6.67.